The van der Waals surface area contributed by atoms with Crippen LogP contribution >= 0.6 is 15.9 Å². The van der Waals surface area contributed by atoms with Gasteiger partial charge in [0.05, 0.1) is 12.7 Å². The molecule has 2 rings (SSSR count). The highest BCUT2D eigenvalue weighted by Gasteiger charge is 2.33. The minimum absolute atomic E-state index is 0.115. The number of ether oxygens (including phenoxy) is 1. The summed E-state index contributed by atoms with van der Waals surface area (Å²) in [7, 11) is 1.36. The number of hydrogen-bond acceptors (Lipinski definition) is 3. The molecule has 1 aliphatic heterocycles. The molecule has 1 atom stereocenters. The molecule has 1 aromatic carbocycles. The number of methoxy groups -OCH3 is 1. The quantitative estimate of drug-likeness (QED) is 0.778. The second-order valence-corrected chi connectivity index (χ2v) is 5.87. The first kappa shape index (κ1) is 15.0. The monoisotopic (exact) mass is 339 g/mol. The van der Waals surface area contributed by atoms with Crippen molar-refractivity contribution in [3.8, 4) is 0 Å². The van der Waals surface area contributed by atoms with Gasteiger partial charge in [0.25, 0.3) is 5.91 Å². The Balaban J connectivity index is 2.30. The molecule has 1 aliphatic rings. The van der Waals surface area contributed by atoms with Crippen LogP contribution in [0, 0.1) is 6.92 Å². The van der Waals surface area contributed by atoms with Gasteiger partial charge in [0.15, 0.2) is 0 Å². The topological polar surface area (TPSA) is 46.6 Å². The Hall–Kier alpha value is -1.36. The fourth-order valence-corrected chi connectivity index (χ4v) is 2.93. The Morgan fingerprint density at radius 2 is 2.10 bits per heavy atom. The molecule has 4 nitrogen and oxygen atoms in total. The Labute approximate surface area is 127 Å². The molecular weight excluding hydrogens is 322 g/mol. The van der Waals surface area contributed by atoms with Crippen LogP contribution in [-0.2, 0) is 9.53 Å². The van der Waals surface area contributed by atoms with Crippen LogP contribution in [0.25, 0.3) is 0 Å². The predicted octanol–water partition coefficient (Wildman–Crippen LogP) is 2.93. The van der Waals surface area contributed by atoms with Crippen LogP contribution in [-0.4, -0.2) is 36.5 Å². The first-order valence-electron chi connectivity index (χ1n) is 6.69. The Kier molecular flexibility index (Phi) is 4.81. The van der Waals surface area contributed by atoms with E-state index in [1.165, 1.54) is 7.11 Å². The van der Waals surface area contributed by atoms with Crippen molar-refractivity contribution in [3.05, 3.63) is 33.8 Å². The largest absolute Gasteiger partial charge is 0.467 e. The molecule has 1 aromatic rings. The number of aryl methyl sites for hydroxylation is 1. The van der Waals surface area contributed by atoms with Crippen molar-refractivity contribution in [3.63, 3.8) is 0 Å². The fourth-order valence-electron chi connectivity index (χ4n) is 2.51. The number of amides is 1. The van der Waals surface area contributed by atoms with Crippen LogP contribution in [0.5, 0.6) is 0 Å². The van der Waals surface area contributed by atoms with Gasteiger partial charge < -0.3 is 9.64 Å². The summed E-state index contributed by atoms with van der Waals surface area (Å²) in [6.45, 7) is 2.54. The van der Waals surface area contributed by atoms with Gasteiger partial charge in [-0.15, -0.1) is 0 Å². The van der Waals surface area contributed by atoms with Gasteiger partial charge in [0.1, 0.15) is 6.04 Å². The van der Waals surface area contributed by atoms with Gasteiger partial charge >= 0.3 is 5.97 Å². The molecule has 1 heterocycles. The number of likely N-dealkylation sites (tertiary alicyclic amines) is 1. The lowest BCUT2D eigenvalue weighted by Crippen LogP contribution is -2.48. The smallest absolute Gasteiger partial charge is 0.328 e. The standard InChI is InChI=1S/C15H18BrNO3/c1-10-6-7-12(16)11(9-10)14(18)17-8-4-3-5-13(17)15(19)20-2/h6-7,9,13H,3-5,8H2,1-2H3. The number of halogens is 1. The molecular formula is C15H18BrNO3. The summed E-state index contributed by atoms with van der Waals surface area (Å²) in [4.78, 5) is 26.2. The van der Waals surface area contributed by atoms with E-state index in [0.717, 1.165) is 22.9 Å². The SMILES string of the molecule is COC(=O)C1CCCCN1C(=O)c1cc(C)ccc1Br. The average Bonchev–Trinajstić information content (AvgIpc) is 2.48. The second kappa shape index (κ2) is 6.39. The number of benzene rings is 1. The van der Waals surface area contributed by atoms with Crippen molar-refractivity contribution in [2.45, 2.75) is 32.2 Å². The van der Waals surface area contributed by atoms with Gasteiger partial charge in [-0.2, -0.15) is 0 Å². The maximum atomic E-state index is 12.7. The van der Waals surface area contributed by atoms with Crippen molar-refractivity contribution in [2.75, 3.05) is 13.7 Å². The molecule has 0 bridgehead atoms. The van der Waals surface area contributed by atoms with E-state index in [1.807, 2.05) is 25.1 Å². The summed E-state index contributed by atoms with van der Waals surface area (Å²) >= 11 is 3.41. The zero-order chi connectivity index (χ0) is 14.7. The molecule has 0 aromatic heterocycles. The van der Waals surface area contributed by atoms with Crippen molar-refractivity contribution in [1.29, 1.82) is 0 Å². The van der Waals surface area contributed by atoms with Crippen LogP contribution in [0.1, 0.15) is 35.2 Å². The van der Waals surface area contributed by atoms with E-state index in [2.05, 4.69) is 15.9 Å². The number of carbonyl (C=O) groups excluding carboxylic acids is 2. The van der Waals surface area contributed by atoms with E-state index >= 15 is 0 Å². The van der Waals surface area contributed by atoms with Crippen molar-refractivity contribution in [2.24, 2.45) is 0 Å². The summed E-state index contributed by atoms with van der Waals surface area (Å²) < 4.78 is 5.57. The Bertz CT molecular complexity index is 530. The minimum atomic E-state index is -0.464. The molecule has 0 radical (unpaired) electrons. The van der Waals surface area contributed by atoms with E-state index in [0.29, 0.717) is 18.5 Å². The molecule has 0 N–H and O–H groups in total. The molecule has 1 saturated heterocycles. The molecule has 20 heavy (non-hydrogen) atoms. The first-order chi connectivity index (χ1) is 9.54. The zero-order valence-corrected chi connectivity index (χ0v) is 13.3. The van der Waals surface area contributed by atoms with E-state index in [9.17, 15) is 9.59 Å². The van der Waals surface area contributed by atoms with E-state index in [1.54, 1.807) is 4.90 Å². The van der Waals surface area contributed by atoms with E-state index in [-0.39, 0.29) is 11.9 Å². The number of esters is 1. The molecule has 1 amide bonds. The molecule has 5 heteroatoms. The van der Waals surface area contributed by atoms with Gasteiger partial charge in [0.2, 0.25) is 0 Å². The second-order valence-electron chi connectivity index (χ2n) is 5.02. The van der Waals surface area contributed by atoms with Crippen molar-refractivity contribution in [1.82, 2.24) is 4.90 Å². The lowest BCUT2D eigenvalue weighted by atomic mass is 10.0. The van der Waals surface area contributed by atoms with E-state index in [4.69, 9.17) is 4.74 Å². The summed E-state index contributed by atoms with van der Waals surface area (Å²) in [6, 6.07) is 5.18. The van der Waals surface area contributed by atoms with Crippen LogP contribution in [0.15, 0.2) is 22.7 Å². The number of nitrogens with zero attached hydrogens (tertiary/aromatic N) is 1. The Morgan fingerprint density at radius 1 is 1.35 bits per heavy atom. The number of piperidine rings is 1. The highest BCUT2D eigenvalue weighted by Crippen LogP contribution is 2.25. The average molecular weight is 340 g/mol. The third kappa shape index (κ3) is 3.03. The van der Waals surface area contributed by atoms with Gasteiger partial charge in [-0.25, -0.2) is 4.79 Å². The number of carbonyl (C=O) groups is 2. The molecule has 0 saturated carbocycles. The summed E-state index contributed by atoms with van der Waals surface area (Å²) in [5, 5.41) is 0. The molecule has 1 unspecified atom stereocenters. The number of rotatable bonds is 2. The van der Waals surface area contributed by atoms with Crippen LogP contribution in [0.3, 0.4) is 0 Å². The molecule has 0 spiro atoms. The van der Waals surface area contributed by atoms with Crippen LogP contribution in [0.2, 0.25) is 0 Å². The summed E-state index contributed by atoms with van der Waals surface area (Å²) in [5.41, 5.74) is 1.61. The number of hydrogen-bond donors (Lipinski definition) is 0. The highest BCUT2D eigenvalue weighted by molar-refractivity contribution is 9.10. The Morgan fingerprint density at radius 3 is 2.80 bits per heavy atom. The van der Waals surface area contributed by atoms with Crippen LogP contribution < -0.4 is 0 Å². The maximum Gasteiger partial charge on any atom is 0.328 e. The van der Waals surface area contributed by atoms with Gasteiger partial charge in [-0.05, 0) is 54.2 Å². The molecule has 0 aliphatic carbocycles. The third-order valence-electron chi connectivity index (χ3n) is 3.59. The maximum absolute atomic E-state index is 12.7. The minimum Gasteiger partial charge on any atom is -0.467 e. The lowest BCUT2D eigenvalue weighted by Gasteiger charge is -2.34. The summed E-state index contributed by atoms with van der Waals surface area (Å²) in [6.07, 6.45) is 2.53. The van der Waals surface area contributed by atoms with Crippen LogP contribution in [0.4, 0.5) is 0 Å². The summed E-state index contributed by atoms with van der Waals surface area (Å²) in [5.74, 6) is -0.447. The van der Waals surface area contributed by atoms with E-state index < -0.39 is 6.04 Å². The highest BCUT2D eigenvalue weighted by atomic mass is 79.9. The normalized spacial score (nSPS) is 18.8. The predicted molar refractivity (Wildman–Crippen MR) is 79.6 cm³/mol. The fraction of sp³-hybridized carbons (Fsp3) is 0.467. The molecule has 108 valence electrons. The van der Waals surface area contributed by atoms with Gasteiger partial charge in [-0.3, -0.25) is 4.79 Å². The lowest BCUT2D eigenvalue weighted by molar-refractivity contribution is -0.147. The van der Waals surface area contributed by atoms with Gasteiger partial charge in [0, 0.05) is 11.0 Å². The van der Waals surface area contributed by atoms with Crippen molar-refractivity contribution >= 4 is 27.8 Å². The van der Waals surface area contributed by atoms with Gasteiger partial charge in [-0.1, -0.05) is 11.6 Å². The first-order valence-corrected chi connectivity index (χ1v) is 7.49. The third-order valence-corrected chi connectivity index (χ3v) is 4.28. The zero-order valence-electron chi connectivity index (χ0n) is 11.7. The van der Waals surface area contributed by atoms with Crippen molar-refractivity contribution < 1.29 is 14.3 Å². The molecule has 1 fully saturated rings.